The van der Waals surface area contributed by atoms with Gasteiger partial charge in [-0.15, -0.1) is 0 Å². The lowest BCUT2D eigenvalue weighted by molar-refractivity contribution is 0.171. The second-order valence-corrected chi connectivity index (χ2v) is 4.55. The molecule has 0 atom stereocenters. The molecule has 19 heavy (non-hydrogen) atoms. The van der Waals surface area contributed by atoms with Gasteiger partial charge in [-0.25, -0.2) is 0 Å². The summed E-state index contributed by atoms with van der Waals surface area (Å²) in [6, 6.07) is 6.03. The van der Waals surface area contributed by atoms with E-state index >= 15 is 0 Å². The van der Waals surface area contributed by atoms with Crippen molar-refractivity contribution in [3.63, 3.8) is 0 Å². The van der Waals surface area contributed by atoms with E-state index in [2.05, 4.69) is 11.9 Å². The minimum atomic E-state index is 0.469. The Labute approximate surface area is 112 Å². The summed E-state index contributed by atoms with van der Waals surface area (Å²) in [6.45, 7) is 3.73. The van der Waals surface area contributed by atoms with Crippen molar-refractivity contribution in [1.82, 2.24) is 4.98 Å². The van der Waals surface area contributed by atoms with Gasteiger partial charge in [-0.1, -0.05) is 0 Å². The lowest BCUT2D eigenvalue weighted by Gasteiger charge is -2.21. The maximum atomic E-state index is 5.78. The summed E-state index contributed by atoms with van der Waals surface area (Å²) in [7, 11) is 0. The minimum Gasteiger partial charge on any atom is -0.486 e. The quantitative estimate of drug-likeness (QED) is 0.895. The van der Waals surface area contributed by atoms with E-state index in [4.69, 9.17) is 15.2 Å². The van der Waals surface area contributed by atoms with E-state index in [0.717, 1.165) is 33.8 Å². The molecule has 1 aromatic heterocycles. The van der Waals surface area contributed by atoms with Gasteiger partial charge in [0.05, 0.1) is 0 Å². The van der Waals surface area contributed by atoms with Crippen LogP contribution < -0.4 is 15.2 Å². The minimum absolute atomic E-state index is 0.469. The summed E-state index contributed by atoms with van der Waals surface area (Å²) in [5.41, 5.74) is 10.2. The highest BCUT2D eigenvalue weighted by Crippen LogP contribution is 2.37. The van der Waals surface area contributed by atoms with Crippen molar-refractivity contribution in [2.45, 2.75) is 13.5 Å². The molecule has 0 fully saturated rings. The molecule has 1 aliphatic rings. The van der Waals surface area contributed by atoms with Crippen LogP contribution in [-0.4, -0.2) is 18.2 Å². The Morgan fingerprint density at radius 2 is 1.89 bits per heavy atom. The molecule has 0 spiro atoms. The molecule has 98 valence electrons. The average Bonchev–Trinajstić information content (AvgIpc) is 2.46. The summed E-state index contributed by atoms with van der Waals surface area (Å²) >= 11 is 0. The monoisotopic (exact) mass is 256 g/mol. The number of hydrogen-bond donors (Lipinski definition) is 1. The first-order valence-electron chi connectivity index (χ1n) is 6.33. The first kappa shape index (κ1) is 12.0. The smallest absolute Gasteiger partial charge is 0.161 e. The molecule has 1 aliphatic heterocycles. The van der Waals surface area contributed by atoms with E-state index < -0.39 is 0 Å². The van der Waals surface area contributed by atoms with Gasteiger partial charge in [-0.05, 0) is 47.4 Å². The molecule has 4 heteroatoms. The first-order valence-corrected chi connectivity index (χ1v) is 6.33. The lowest BCUT2D eigenvalue weighted by atomic mass is 9.97. The number of aromatic nitrogens is 1. The van der Waals surface area contributed by atoms with Gasteiger partial charge >= 0.3 is 0 Å². The fourth-order valence-electron chi connectivity index (χ4n) is 2.33. The molecule has 4 nitrogen and oxygen atoms in total. The molecular weight excluding hydrogens is 240 g/mol. The van der Waals surface area contributed by atoms with Crippen molar-refractivity contribution >= 4 is 0 Å². The number of hydrogen-bond acceptors (Lipinski definition) is 4. The zero-order valence-electron chi connectivity index (χ0n) is 10.8. The Balaban J connectivity index is 2.14. The SMILES string of the molecule is Cc1cc2c(cc1-c1ccncc1CN)OCCO2. The molecule has 2 N–H and O–H groups in total. The number of nitrogens with zero attached hydrogens (tertiary/aromatic N) is 1. The van der Waals surface area contributed by atoms with Gasteiger partial charge in [0.15, 0.2) is 11.5 Å². The Morgan fingerprint density at radius 3 is 2.63 bits per heavy atom. The molecule has 0 radical (unpaired) electrons. The predicted molar refractivity (Wildman–Crippen MR) is 73.3 cm³/mol. The molecule has 0 amide bonds. The summed E-state index contributed by atoms with van der Waals surface area (Å²) in [4.78, 5) is 4.12. The van der Waals surface area contributed by atoms with Crippen LogP contribution in [0.15, 0.2) is 30.6 Å². The summed E-state index contributed by atoms with van der Waals surface area (Å²) in [5, 5.41) is 0. The topological polar surface area (TPSA) is 57.4 Å². The first-order chi connectivity index (χ1) is 9.29. The van der Waals surface area contributed by atoms with Gasteiger partial charge in [0, 0.05) is 18.9 Å². The molecule has 2 heterocycles. The fourth-order valence-corrected chi connectivity index (χ4v) is 2.33. The molecule has 3 rings (SSSR count). The predicted octanol–water partition coefficient (Wildman–Crippen LogP) is 2.29. The van der Waals surface area contributed by atoms with Crippen LogP contribution in [0.1, 0.15) is 11.1 Å². The third-order valence-corrected chi connectivity index (χ3v) is 3.30. The maximum Gasteiger partial charge on any atom is 0.161 e. The van der Waals surface area contributed by atoms with Gasteiger partial charge in [-0.2, -0.15) is 0 Å². The molecule has 1 aromatic carbocycles. The highest BCUT2D eigenvalue weighted by Gasteiger charge is 2.16. The van der Waals surface area contributed by atoms with Crippen LogP contribution >= 0.6 is 0 Å². The van der Waals surface area contributed by atoms with Gasteiger partial charge in [-0.3, -0.25) is 4.98 Å². The van der Waals surface area contributed by atoms with Crippen molar-refractivity contribution < 1.29 is 9.47 Å². The largest absolute Gasteiger partial charge is 0.486 e. The summed E-state index contributed by atoms with van der Waals surface area (Å²) in [5.74, 6) is 1.61. The van der Waals surface area contributed by atoms with Gasteiger partial charge < -0.3 is 15.2 Å². The Bertz CT molecular complexity index is 611. The number of fused-ring (bicyclic) bond motifs is 1. The van der Waals surface area contributed by atoms with Crippen molar-refractivity contribution in [3.05, 3.63) is 41.7 Å². The van der Waals surface area contributed by atoms with Crippen LogP contribution in [0.3, 0.4) is 0 Å². The zero-order valence-corrected chi connectivity index (χ0v) is 10.8. The average molecular weight is 256 g/mol. The van der Waals surface area contributed by atoms with E-state index in [0.29, 0.717) is 19.8 Å². The van der Waals surface area contributed by atoms with E-state index in [9.17, 15) is 0 Å². The van der Waals surface area contributed by atoms with Gasteiger partial charge in [0.2, 0.25) is 0 Å². The molecular formula is C15H16N2O2. The molecule has 0 unspecified atom stereocenters. The lowest BCUT2D eigenvalue weighted by Crippen LogP contribution is -2.15. The van der Waals surface area contributed by atoms with Crippen LogP contribution in [0.5, 0.6) is 11.5 Å². The van der Waals surface area contributed by atoms with Crippen LogP contribution in [0.4, 0.5) is 0 Å². The van der Waals surface area contributed by atoms with Crippen LogP contribution in [0, 0.1) is 6.92 Å². The highest BCUT2D eigenvalue weighted by molar-refractivity contribution is 5.73. The maximum absolute atomic E-state index is 5.78. The fraction of sp³-hybridized carbons (Fsp3) is 0.267. The Morgan fingerprint density at radius 1 is 1.16 bits per heavy atom. The number of nitrogens with two attached hydrogens (primary N) is 1. The molecule has 0 saturated heterocycles. The number of aryl methyl sites for hydroxylation is 1. The molecule has 2 aromatic rings. The van der Waals surface area contributed by atoms with Crippen LogP contribution in [0.25, 0.3) is 11.1 Å². The molecule has 0 aliphatic carbocycles. The van der Waals surface area contributed by atoms with Crippen LogP contribution in [-0.2, 0) is 6.54 Å². The normalized spacial score (nSPS) is 13.4. The zero-order chi connectivity index (χ0) is 13.2. The van der Waals surface area contributed by atoms with E-state index in [1.165, 1.54) is 0 Å². The second kappa shape index (κ2) is 4.90. The van der Waals surface area contributed by atoms with E-state index in [1.807, 2.05) is 24.4 Å². The molecule has 0 saturated carbocycles. The van der Waals surface area contributed by atoms with Crippen molar-refractivity contribution in [2.75, 3.05) is 13.2 Å². The number of benzene rings is 1. The number of ether oxygens (including phenoxy) is 2. The number of pyridine rings is 1. The van der Waals surface area contributed by atoms with Crippen molar-refractivity contribution in [1.29, 1.82) is 0 Å². The molecule has 0 bridgehead atoms. The third kappa shape index (κ3) is 2.15. The van der Waals surface area contributed by atoms with E-state index in [1.54, 1.807) is 6.20 Å². The Kier molecular flexibility index (Phi) is 3.09. The van der Waals surface area contributed by atoms with Crippen molar-refractivity contribution in [2.24, 2.45) is 5.73 Å². The van der Waals surface area contributed by atoms with E-state index in [-0.39, 0.29) is 0 Å². The van der Waals surface area contributed by atoms with Crippen LogP contribution in [0.2, 0.25) is 0 Å². The van der Waals surface area contributed by atoms with Crippen molar-refractivity contribution in [3.8, 4) is 22.6 Å². The standard InChI is InChI=1S/C15H16N2O2/c1-10-6-14-15(19-5-4-18-14)7-13(10)12-2-3-17-9-11(12)8-16/h2-3,6-7,9H,4-5,8,16H2,1H3. The Hall–Kier alpha value is -2.07. The second-order valence-electron chi connectivity index (χ2n) is 4.55. The third-order valence-electron chi connectivity index (χ3n) is 3.30. The highest BCUT2D eigenvalue weighted by atomic mass is 16.6. The summed E-state index contributed by atoms with van der Waals surface area (Å²) < 4.78 is 11.2. The van der Waals surface area contributed by atoms with Gasteiger partial charge in [0.25, 0.3) is 0 Å². The number of rotatable bonds is 2. The summed E-state index contributed by atoms with van der Waals surface area (Å²) in [6.07, 6.45) is 3.59. The van der Waals surface area contributed by atoms with Gasteiger partial charge in [0.1, 0.15) is 13.2 Å².